The van der Waals surface area contributed by atoms with Crippen LogP contribution >= 0.6 is 0 Å². The van der Waals surface area contributed by atoms with Crippen molar-refractivity contribution in [1.29, 1.82) is 0 Å². The molecule has 3 amide bonds. The van der Waals surface area contributed by atoms with Crippen molar-refractivity contribution < 1.29 is 19.1 Å². The smallest absolute Gasteiger partial charge is 0.234 e. The molecule has 1 unspecified atom stereocenters. The van der Waals surface area contributed by atoms with Crippen LogP contribution in [0.15, 0.2) is 55.0 Å². The van der Waals surface area contributed by atoms with Crippen LogP contribution in [0.1, 0.15) is 67.2 Å². The Morgan fingerprint density at radius 1 is 0.952 bits per heavy atom. The Hall–Kier alpha value is -4.21. The second-order valence-corrected chi connectivity index (χ2v) is 11.7. The fourth-order valence-electron chi connectivity index (χ4n) is 6.24. The Kier molecular flexibility index (Phi) is 8.21. The molecule has 3 aromatic rings. The monoisotopic (exact) mass is 570 g/mol. The maximum atomic E-state index is 13.3. The zero-order valence-electron chi connectivity index (χ0n) is 24.1. The van der Waals surface area contributed by atoms with Gasteiger partial charge in [-0.25, -0.2) is 4.98 Å². The first-order valence-corrected chi connectivity index (χ1v) is 15.0. The van der Waals surface area contributed by atoms with Crippen LogP contribution in [0.4, 0.5) is 5.82 Å². The number of likely N-dealkylation sites (tertiary alicyclic amines) is 1. The van der Waals surface area contributed by atoms with Crippen LogP contribution in [0, 0.1) is 12.8 Å². The topological polar surface area (TPSA) is 110 Å². The van der Waals surface area contributed by atoms with E-state index in [1.165, 1.54) is 0 Å². The number of pyridine rings is 1. The predicted molar refractivity (Wildman–Crippen MR) is 157 cm³/mol. The van der Waals surface area contributed by atoms with E-state index < -0.39 is 0 Å². The first kappa shape index (κ1) is 27.9. The van der Waals surface area contributed by atoms with Gasteiger partial charge in [-0.3, -0.25) is 24.4 Å². The number of carbonyl (C=O) groups excluding carboxylic acids is 3. The summed E-state index contributed by atoms with van der Waals surface area (Å²) in [6.07, 6.45) is 10.2. The molecule has 1 N–H and O–H groups in total. The van der Waals surface area contributed by atoms with Crippen LogP contribution in [0.5, 0.6) is 5.75 Å². The summed E-state index contributed by atoms with van der Waals surface area (Å²) in [5.41, 5.74) is 3.02. The molecule has 2 aromatic heterocycles. The molecule has 3 aliphatic heterocycles. The molecule has 0 aliphatic carbocycles. The summed E-state index contributed by atoms with van der Waals surface area (Å²) in [5.74, 6) is 1.36. The maximum Gasteiger partial charge on any atom is 0.234 e. The van der Waals surface area contributed by atoms with Crippen molar-refractivity contribution >= 4 is 23.5 Å². The fraction of sp³-hybridized carbons (Fsp3) is 0.469. The lowest BCUT2D eigenvalue weighted by Crippen LogP contribution is -2.45. The molecule has 1 atom stereocenters. The van der Waals surface area contributed by atoms with E-state index in [4.69, 9.17) is 4.74 Å². The summed E-state index contributed by atoms with van der Waals surface area (Å²) in [5, 5.41) is 7.00. The summed E-state index contributed by atoms with van der Waals surface area (Å²) < 4.78 is 7.98. The van der Waals surface area contributed by atoms with Gasteiger partial charge in [-0.1, -0.05) is 18.2 Å². The van der Waals surface area contributed by atoms with Crippen LogP contribution in [0.2, 0.25) is 0 Å². The number of hydrogen-bond acceptors (Lipinski definition) is 7. The number of nitrogens with one attached hydrogen (secondary N) is 1. The van der Waals surface area contributed by atoms with Crippen molar-refractivity contribution in [3.8, 4) is 5.75 Å². The summed E-state index contributed by atoms with van der Waals surface area (Å²) >= 11 is 0. The average molecular weight is 571 g/mol. The van der Waals surface area contributed by atoms with Crippen molar-refractivity contribution in [2.75, 3.05) is 31.1 Å². The third-order valence-corrected chi connectivity index (χ3v) is 8.80. The maximum absolute atomic E-state index is 13.3. The molecule has 3 fully saturated rings. The molecule has 42 heavy (non-hydrogen) atoms. The minimum absolute atomic E-state index is 0.0924. The van der Waals surface area contributed by atoms with Crippen molar-refractivity contribution in [2.45, 2.75) is 64.0 Å². The second-order valence-electron chi connectivity index (χ2n) is 11.7. The minimum atomic E-state index is -0.300. The number of hydrogen-bond donors (Lipinski definition) is 1. The zero-order valence-corrected chi connectivity index (χ0v) is 24.1. The van der Waals surface area contributed by atoms with Gasteiger partial charge >= 0.3 is 0 Å². The minimum Gasteiger partial charge on any atom is -0.489 e. The molecule has 5 heterocycles. The van der Waals surface area contributed by atoms with Crippen LogP contribution in [0.3, 0.4) is 0 Å². The third kappa shape index (κ3) is 6.32. The first-order chi connectivity index (χ1) is 20.4. The first-order valence-electron chi connectivity index (χ1n) is 15.0. The molecular weight excluding hydrogens is 532 g/mol. The van der Waals surface area contributed by atoms with Crippen molar-refractivity contribution in [1.82, 2.24) is 25.0 Å². The Morgan fingerprint density at radius 2 is 1.71 bits per heavy atom. The highest BCUT2D eigenvalue weighted by Gasteiger charge is 2.32. The molecule has 0 spiro atoms. The highest BCUT2D eigenvalue weighted by Crippen LogP contribution is 2.29. The Bertz CT molecular complexity index is 1400. The van der Waals surface area contributed by atoms with Crippen LogP contribution < -0.4 is 15.0 Å². The van der Waals surface area contributed by atoms with Gasteiger partial charge in [0.1, 0.15) is 18.2 Å². The van der Waals surface area contributed by atoms with Gasteiger partial charge < -0.3 is 14.5 Å². The van der Waals surface area contributed by atoms with Crippen LogP contribution in [-0.4, -0.2) is 63.6 Å². The number of aromatic nitrogens is 3. The lowest BCUT2D eigenvalue weighted by Gasteiger charge is -2.37. The van der Waals surface area contributed by atoms with Crippen molar-refractivity contribution in [3.05, 3.63) is 71.7 Å². The summed E-state index contributed by atoms with van der Waals surface area (Å²) in [6.45, 7) is 5.69. The second kappa shape index (κ2) is 12.3. The zero-order chi connectivity index (χ0) is 29.1. The van der Waals surface area contributed by atoms with Gasteiger partial charge in [-0.05, 0) is 68.4 Å². The quantitative estimate of drug-likeness (QED) is 0.431. The van der Waals surface area contributed by atoms with Crippen LogP contribution in [-0.2, 0) is 21.0 Å². The molecule has 1 aromatic carbocycles. The lowest BCUT2D eigenvalue weighted by molar-refractivity contribution is -0.137. The number of ether oxygens (including phenoxy) is 1. The van der Waals surface area contributed by atoms with E-state index in [0.29, 0.717) is 31.1 Å². The molecule has 10 heteroatoms. The molecule has 0 radical (unpaired) electrons. The molecule has 0 bridgehead atoms. The third-order valence-electron chi connectivity index (χ3n) is 8.80. The van der Waals surface area contributed by atoms with Gasteiger partial charge in [0, 0.05) is 56.5 Å². The van der Waals surface area contributed by atoms with Crippen molar-refractivity contribution in [3.63, 3.8) is 0 Å². The number of imide groups is 1. The number of carbonyl (C=O) groups is 3. The van der Waals surface area contributed by atoms with E-state index in [1.807, 2.05) is 59.4 Å². The highest BCUT2D eigenvalue weighted by atomic mass is 16.5. The molecular formula is C32H38N6O4. The Labute approximate surface area is 246 Å². The molecule has 3 saturated heterocycles. The highest BCUT2D eigenvalue weighted by molar-refractivity contribution is 6.00. The van der Waals surface area contributed by atoms with Gasteiger partial charge in [0.05, 0.1) is 18.2 Å². The molecule has 0 saturated carbocycles. The fourth-order valence-corrected chi connectivity index (χ4v) is 6.24. The standard InChI is InChI=1S/C32H38N6O4/c1-22-2-8-29(33-18-22)36-14-10-25(11-15-36)32(41)37-16-12-26(13-17-37)38-20-23(19-34-38)21-42-27-5-3-24(4-6-27)28-7-9-30(39)35-31(28)40/h2-6,8,18-20,25-26,28H,7,9-17,21H2,1H3,(H,35,39,40). The molecule has 220 valence electrons. The van der Waals surface area contributed by atoms with E-state index in [0.717, 1.165) is 74.4 Å². The number of nitrogens with zero attached hydrogens (tertiary/aromatic N) is 5. The largest absolute Gasteiger partial charge is 0.489 e. The van der Waals surface area contributed by atoms with Gasteiger partial charge in [-0.2, -0.15) is 5.10 Å². The van der Waals surface area contributed by atoms with Gasteiger partial charge in [0.15, 0.2) is 0 Å². The molecule has 6 rings (SSSR count). The number of rotatable bonds is 7. The van der Waals surface area contributed by atoms with E-state index >= 15 is 0 Å². The van der Waals surface area contributed by atoms with E-state index in [9.17, 15) is 14.4 Å². The van der Waals surface area contributed by atoms with Gasteiger partial charge in [-0.15, -0.1) is 0 Å². The van der Waals surface area contributed by atoms with E-state index in [1.54, 1.807) is 0 Å². The Morgan fingerprint density at radius 3 is 2.40 bits per heavy atom. The number of benzene rings is 1. The van der Waals surface area contributed by atoms with Gasteiger partial charge in [0.2, 0.25) is 17.7 Å². The lowest BCUT2D eigenvalue weighted by atomic mass is 9.90. The number of anilines is 1. The van der Waals surface area contributed by atoms with E-state index in [-0.39, 0.29) is 29.7 Å². The summed E-state index contributed by atoms with van der Waals surface area (Å²) in [6, 6.07) is 11.9. The predicted octanol–water partition coefficient (Wildman–Crippen LogP) is 3.77. The average Bonchev–Trinajstić information content (AvgIpc) is 3.50. The van der Waals surface area contributed by atoms with Crippen LogP contribution in [0.25, 0.3) is 0 Å². The summed E-state index contributed by atoms with van der Waals surface area (Å²) in [7, 11) is 0. The number of aryl methyl sites for hydroxylation is 1. The molecule has 3 aliphatic rings. The SMILES string of the molecule is Cc1ccc(N2CCC(C(=O)N3CCC(n4cc(COc5ccc(C6CCC(=O)NC6=O)cc5)cn4)CC3)CC2)nc1. The number of piperidine rings is 3. The van der Waals surface area contributed by atoms with Gasteiger partial charge in [0.25, 0.3) is 0 Å². The molecule has 10 nitrogen and oxygen atoms in total. The summed E-state index contributed by atoms with van der Waals surface area (Å²) in [4.78, 5) is 45.7. The van der Waals surface area contributed by atoms with E-state index in [2.05, 4.69) is 32.4 Å². The Balaban J connectivity index is 0.944. The van der Waals surface area contributed by atoms with Crippen molar-refractivity contribution in [2.24, 2.45) is 5.92 Å². The number of amides is 3. The normalized spacial score (nSPS) is 20.5.